The highest BCUT2D eigenvalue weighted by atomic mass is 35.5. The van der Waals surface area contributed by atoms with Gasteiger partial charge in [0, 0.05) is 31.0 Å². The Labute approximate surface area is 129 Å². The zero-order chi connectivity index (χ0) is 15.5. The molecule has 0 atom stereocenters. The zero-order valence-corrected chi connectivity index (χ0v) is 13.4. The Morgan fingerprint density at radius 3 is 2.67 bits per heavy atom. The molecule has 6 nitrogen and oxygen atoms in total. The van der Waals surface area contributed by atoms with Crippen molar-refractivity contribution in [3.8, 4) is 0 Å². The number of hydrogen-bond donors (Lipinski definition) is 2. The van der Waals surface area contributed by atoms with Gasteiger partial charge >= 0.3 is 0 Å². The van der Waals surface area contributed by atoms with Crippen molar-refractivity contribution >= 4 is 21.6 Å². The molecular formula is C13H17ClN4O2S. The average molecular weight is 329 g/mol. The summed E-state index contributed by atoms with van der Waals surface area (Å²) >= 11 is 6.09. The molecule has 0 bridgehead atoms. The summed E-state index contributed by atoms with van der Waals surface area (Å²) in [4.78, 5) is 4.21. The summed E-state index contributed by atoms with van der Waals surface area (Å²) in [6.07, 6.45) is 3.38. The van der Waals surface area contributed by atoms with E-state index < -0.39 is 10.0 Å². The second-order valence-electron chi connectivity index (χ2n) is 4.56. The van der Waals surface area contributed by atoms with E-state index in [0.29, 0.717) is 17.4 Å². The van der Waals surface area contributed by atoms with Gasteiger partial charge in [0.1, 0.15) is 5.82 Å². The van der Waals surface area contributed by atoms with Gasteiger partial charge in [-0.25, -0.2) is 18.1 Å². The molecule has 1 aromatic carbocycles. The van der Waals surface area contributed by atoms with Gasteiger partial charge in [0.05, 0.1) is 11.4 Å². The number of aryl methyl sites for hydroxylation is 1. The summed E-state index contributed by atoms with van der Waals surface area (Å²) in [6, 6.07) is 4.70. The summed E-state index contributed by atoms with van der Waals surface area (Å²) in [7, 11) is -0.00892. The van der Waals surface area contributed by atoms with Crippen molar-refractivity contribution in [1.29, 1.82) is 0 Å². The molecule has 0 aliphatic rings. The number of benzene rings is 1. The molecular weight excluding hydrogens is 312 g/mol. The Hall–Kier alpha value is -1.41. The largest absolute Gasteiger partial charge is 0.337 e. The van der Waals surface area contributed by atoms with E-state index in [-0.39, 0.29) is 11.4 Å². The highest BCUT2D eigenvalue weighted by molar-refractivity contribution is 7.89. The van der Waals surface area contributed by atoms with E-state index >= 15 is 0 Å². The van der Waals surface area contributed by atoms with Gasteiger partial charge in [-0.3, -0.25) is 0 Å². The van der Waals surface area contributed by atoms with E-state index in [1.165, 1.54) is 6.07 Å². The zero-order valence-electron chi connectivity index (χ0n) is 11.8. The lowest BCUT2D eigenvalue weighted by molar-refractivity contribution is 0.577. The number of sulfonamides is 1. The van der Waals surface area contributed by atoms with Crippen molar-refractivity contribution in [2.24, 2.45) is 7.05 Å². The topological polar surface area (TPSA) is 76.0 Å². The number of nitrogens with one attached hydrogen (secondary N) is 2. The minimum Gasteiger partial charge on any atom is -0.337 e. The minimum atomic E-state index is -3.62. The maximum Gasteiger partial charge on any atom is 0.241 e. The number of halogens is 1. The van der Waals surface area contributed by atoms with Crippen molar-refractivity contribution in [2.45, 2.75) is 18.0 Å². The van der Waals surface area contributed by atoms with E-state index in [1.54, 1.807) is 43.2 Å². The second kappa shape index (κ2) is 6.57. The van der Waals surface area contributed by atoms with E-state index in [9.17, 15) is 8.42 Å². The van der Waals surface area contributed by atoms with Gasteiger partial charge in [0.2, 0.25) is 10.0 Å². The third-order valence-corrected chi connectivity index (χ3v) is 4.79. The van der Waals surface area contributed by atoms with Crippen molar-refractivity contribution < 1.29 is 8.42 Å². The van der Waals surface area contributed by atoms with Crippen LogP contribution in [0.5, 0.6) is 0 Å². The maximum atomic E-state index is 12.2. The molecule has 0 fully saturated rings. The van der Waals surface area contributed by atoms with Gasteiger partial charge in [-0.05, 0) is 24.7 Å². The third kappa shape index (κ3) is 3.82. The summed E-state index contributed by atoms with van der Waals surface area (Å²) in [5.41, 5.74) is 0.849. The Kier molecular flexibility index (Phi) is 5.00. The van der Waals surface area contributed by atoms with Crippen LogP contribution in [0.15, 0.2) is 35.5 Å². The fourth-order valence-corrected chi connectivity index (χ4v) is 3.16. The maximum absolute atomic E-state index is 12.2. The SMILES string of the molecule is CNCc1ccc(S(=O)(=O)NCc2nccn2C)cc1Cl. The molecule has 114 valence electrons. The molecule has 21 heavy (non-hydrogen) atoms. The van der Waals surface area contributed by atoms with Crippen LogP contribution in [0.3, 0.4) is 0 Å². The van der Waals surface area contributed by atoms with Crippen LogP contribution in [-0.2, 0) is 30.2 Å². The summed E-state index contributed by atoms with van der Waals surface area (Å²) in [5, 5.41) is 3.39. The fraction of sp³-hybridized carbons (Fsp3) is 0.308. The standard InChI is InChI=1S/C13H17ClN4O2S/c1-15-8-10-3-4-11(7-12(10)14)21(19,20)17-9-13-16-5-6-18(13)2/h3-7,15,17H,8-9H2,1-2H3. The molecule has 0 saturated carbocycles. The number of hydrogen-bond acceptors (Lipinski definition) is 4. The van der Waals surface area contributed by atoms with Crippen LogP contribution in [0, 0.1) is 0 Å². The molecule has 0 aliphatic carbocycles. The van der Waals surface area contributed by atoms with Crippen LogP contribution in [0.2, 0.25) is 5.02 Å². The quantitative estimate of drug-likeness (QED) is 0.837. The van der Waals surface area contributed by atoms with E-state index in [1.807, 2.05) is 0 Å². The molecule has 0 radical (unpaired) electrons. The molecule has 0 unspecified atom stereocenters. The normalized spacial score (nSPS) is 11.8. The lowest BCUT2D eigenvalue weighted by Gasteiger charge is -2.09. The summed E-state index contributed by atoms with van der Waals surface area (Å²) in [6.45, 7) is 0.710. The molecule has 8 heteroatoms. The Balaban J connectivity index is 2.16. The Morgan fingerprint density at radius 2 is 2.10 bits per heavy atom. The second-order valence-corrected chi connectivity index (χ2v) is 6.74. The number of rotatable bonds is 6. The first-order chi connectivity index (χ1) is 9.94. The van der Waals surface area contributed by atoms with Crippen LogP contribution in [0.1, 0.15) is 11.4 Å². The predicted molar refractivity (Wildman–Crippen MR) is 81.4 cm³/mol. The smallest absolute Gasteiger partial charge is 0.241 e. The van der Waals surface area contributed by atoms with E-state index in [2.05, 4.69) is 15.0 Å². The van der Waals surface area contributed by atoms with Crippen LogP contribution in [-0.4, -0.2) is 25.0 Å². The molecule has 0 amide bonds. The van der Waals surface area contributed by atoms with E-state index in [4.69, 9.17) is 11.6 Å². The van der Waals surface area contributed by atoms with Gasteiger partial charge in [0.25, 0.3) is 0 Å². The molecule has 2 aromatic rings. The first-order valence-corrected chi connectivity index (χ1v) is 8.19. The van der Waals surface area contributed by atoms with Gasteiger partial charge < -0.3 is 9.88 Å². The summed E-state index contributed by atoms with van der Waals surface area (Å²) in [5.74, 6) is 0.636. The summed E-state index contributed by atoms with van der Waals surface area (Å²) < 4.78 is 28.7. The van der Waals surface area contributed by atoms with Crippen molar-refractivity contribution in [3.63, 3.8) is 0 Å². The molecule has 2 rings (SSSR count). The Morgan fingerprint density at radius 1 is 1.33 bits per heavy atom. The third-order valence-electron chi connectivity index (χ3n) is 3.04. The van der Waals surface area contributed by atoms with E-state index in [0.717, 1.165) is 5.56 Å². The van der Waals surface area contributed by atoms with Gasteiger partial charge in [-0.2, -0.15) is 0 Å². The van der Waals surface area contributed by atoms with Crippen LogP contribution in [0.25, 0.3) is 0 Å². The Bertz CT molecular complexity index is 728. The minimum absolute atomic E-state index is 0.127. The van der Waals surface area contributed by atoms with Crippen molar-refractivity contribution in [2.75, 3.05) is 7.05 Å². The molecule has 0 spiro atoms. The molecule has 1 heterocycles. The highest BCUT2D eigenvalue weighted by Gasteiger charge is 2.16. The molecule has 0 saturated heterocycles. The average Bonchev–Trinajstić information content (AvgIpc) is 2.84. The number of nitrogens with zero attached hydrogens (tertiary/aromatic N) is 2. The van der Waals surface area contributed by atoms with Gasteiger partial charge in [0.15, 0.2) is 0 Å². The first kappa shape index (κ1) is 16.0. The van der Waals surface area contributed by atoms with Crippen molar-refractivity contribution in [1.82, 2.24) is 19.6 Å². The molecule has 1 aromatic heterocycles. The number of imidazole rings is 1. The fourth-order valence-electron chi connectivity index (χ4n) is 1.84. The molecule has 0 aliphatic heterocycles. The van der Waals surface area contributed by atoms with Crippen LogP contribution in [0.4, 0.5) is 0 Å². The van der Waals surface area contributed by atoms with Crippen LogP contribution >= 0.6 is 11.6 Å². The lowest BCUT2D eigenvalue weighted by Crippen LogP contribution is -2.24. The predicted octanol–water partition coefficient (Wildman–Crippen LogP) is 1.27. The van der Waals surface area contributed by atoms with Crippen molar-refractivity contribution in [3.05, 3.63) is 47.0 Å². The van der Waals surface area contributed by atoms with Gasteiger partial charge in [-0.15, -0.1) is 0 Å². The highest BCUT2D eigenvalue weighted by Crippen LogP contribution is 2.20. The first-order valence-electron chi connectivity index (χ1n) is 6.33. The number of aromatic nitrogens is 2. The lowest BCUT2D eigenvalue weighted by atomic mass is 10.2. The van der Waals surface area contributed by atoms with Gasteiger partial charge in [-0.1, -0.05) is 17.7 Å². The monoisotopic (exact) mass is 328 g/mol. The van der Waals surface area contributed by atoms with Crippen LogP contribution < -0.4 is 10.0 Å². The molecule has 2 N–H and O–H groups in total.